The predicted molar refractivity (Wildman–Crippen MR) is 42.5 cm³/mol. The van der Waals surface area contributed by atoms with Crippen molar-refractivity contribution in [2.45, 2.75) is 25.4 Å². The zero-order valence-corrected chi connectivity index (χ0v) is 6.38. The van der Waals surface area contributed by atoms with Crippen molar-refractivity contribution >= 4 is 0 Å². The minimum Gasteiger partial charge on any atom is -0.326 e. The van der Waals surface area contributed by atoms with Gasteiger partial charge in [-0.1, -0.05) is 5.92 Å². The quantitative estimate of drug-likeness (QED) is 0.518. The van der Waals surface area contributed by atoms with Crippen LogP contribution in [0.4, 0.5) is 0 Å². The molecule has 0 aliphatic carbocycles. The van der Waals surface area contributed by atoms with Crippen LogP contribution >= 0.6 is 0 Å². The number of hydrogen-bond acceptors (Lipinski definition) is 2. The van der Waals surface area contributed by atoms with Gasteiger partial charge in [0.25, 0.3) is 0 Å². The van der Waals surface area contributed by atoms with Crippen LogP contribution in [0.2, 0.25) is 0 Å². The van der Waals surface area contributed by atoms with Crippen molar-refractivity contribution in [2.24, 2.45) is 5.73 Å². The molecule has 0 aromatic carbocycles. The van der Waals surface area contributed by atoms with E-state index in [1.807, 2.05) is 0 Å². The first-order valence-corrected chi connectivity index (χ1v) is 3.69. The fraction of sp³-hybridized carbons (Fsp3) is 0.750. The first kappa shape index (κ1) is 7.59. The van der Waals surface area contributed by atoms with Gasteiger partial charge in [0, 0.05) is 18.6 Å². The van der Waals surface area contributed by atoms with E-state index in [0.29, 0.717) is 12.1 Å². The molecule has 2 unspecified atom stereocenters. The van der Waals surface area contributed by atoms with Gasteiger partial charge in [-0.3, -0.25) is 4.90 Å². The van der Waals surface area contributed by atoms with Gasteiger partial charge in [-0.2, -0.15) is 0 Å². The second kappa shape index (κ2) is 3.05. The molecule has 2 nitrogen and oxygen atoms in total. The van der Waals surface area contributed by atoms with Gasteiger partial charge in [0.15, 0.2) is 0 Å². The molecule has 1 aliphatic rings. The number of hydrogen-bond donors (Lipinski definition) is 1. The number of terminal acetylenes is 1. The Bertz CT molecular complexity index is 148. The Morgan fingerprint density at radius 3 is 2.90 bits per heavy atom. The van der Waals surface area contributed by atoms with Crippen molar-refractivity contribution < 1.29 is 0 Å². The Morgan fingerprint density at radius 1 is 1.80 bits per heavy atom. The van der Waals surface area contributed by atoms with Crippen LogP contribution in [0.5, 0.6) is 0 Å². The van der Waals surface area contributed by atoms with Crippen LogP contribution in [0.25, 0.3) is 0 Å². The molecule has 10 heavy (non-hydrogen) atoms. The Labute approximate surface area is 62.4 Å². The second-order valence-electron chi connectivity index (χ2n) is 2.87. The third-order valence-electron chi connectivity index (χ3n) is 2.24. The molecule has 0 radical (unpaired) electrons. The minimum absolute atomic E-state index is 0.327. The molecule has 0 aromatic heterocycles. The summed E-state index contributed by atoms with van der Waals surface area (Å²) in [6.45, 7) is 3.94. The van der Waals surface area contributed by atoms with Crippen molar-refractivity contribution in [3.8, 4) is 12.3 Å². The molecular weight excluding hydrogens is 124 g/mol. The molecule has 1 rings (SSSR count). The molecule has 2 atom stereocenters. The van der Waals surface area contributed by atoms with Crippen molar-refractivity contribution in [1.29, 1.82) is 0 Å². The Balaban J connectivity index is 2.43. The van der Waals surface area contributed by atoms with Crippen LogP contribution in [0.1, 0.15) is 13.3 Å². The average Bonchev–Trinajstić information content (AvgIpc) is 2.20. The zero-order valence-electron chi connectivity index (χ0n) is 6.38. The van der Waals surface area contributed by atoms with E-state index in [0.717, 1.165) is 19.5 Å². The fourth-order valence-electron chi connectivity index (χ4n) is 1.37. The van der Waals surface area contributed by atoms with E-state index in [1.54, 1.807) is 0 Å². The van der Waals surface area contributed by atoms with Gasteiger partial charge in [0.05, 0.1) is 6.54 Å². The molecule has 56 valence electrons. The topological polar surface area (TPSA) is 29.3 Å². The van der Waals surface area contributed by atoms with E-state index < -0.39 is 0 Å². The van der Waals surface area contributed by atoms with E-state index in [4.69, 9.17) is 12.2 Å². The summed E-state index contributed by atoms with van der Waals surface area (Å²) in [4.78, 5) is 2.24. The van der Waals surface area contributed by atoms with Gasteiger partial charge in [0.1, 0.15) is 0 Å². The lowest BCUT2D eigenvalue weighted by Gasteiger charge is -2.19. The molecule has 2 heteroatoms. The summed E-state index contributed by atoms with van der Waals surface area (Å²) in [7, 11) is 0. The number of likely N-dealkylation sites (tertiary alicyclic amines) is 1. The van der Waals surface area contributed by atoms with Crippen molar-refractivity contribution in [1.82, 2.24) is 4.90 Å². The molecule has 0 amide bonds. The van der Waals surface area contributed by atoms with E-state index in [1.165, 1.54) is 0 Å². The molecule has 1 fully saturated rings. The van der Waals surface area contributed by atoms with E-state index in [2.05, 4.69) is 17.7 Å². The van der Waals surface area contributed by atoms with Gasteiger partial charge in [0.2, 0.25) is 0 Å². The zero-order chi connectivity index (χ0) is 7.56. The lowest BCUT2D eigenvalue weighted by Crippen LogP contribution is -2.36. The highest BCUT2D eigenvalue weighted by atomic mass is 15.2. The van der Waals surface area contributed by atoms with Gasteiger partial charge in [-0.15, -0.1) is 6.42 Å². The van der Waals surface area contributed by atoms with Crippen LogP contribution in [0.3, 0.4) is 0 Å². The standard InChI is InChI=1S/C8H14N2/c1-3-5-10-6-4-8(9)7(10)2/h1,7-8H,4-6,9H2,2H3. The fourth-order valence-corrected chi connectivity index (χ4v) is 1.37. The largest absolute Gasteiger partial charge is 0.326 e. The van der Waals surface area contributed by atoms with Gasteiger partial charge in [-0.25, -0.2) is 0 Å². The smallest absolute Gasteiger partial charge is 0.0601 e. The van der Waals surface area contributed by atoms with Crippen LogP contribution in [0, 0.1) is 12.3 Å². The third-order valence-corrected chi connectivity index (χ3v) is 2.24. The first-order valence-electron chi connectivity index (χ1n) is 3.69. The Hall–Kier alpha value is -0.520. The minimum atomic E-state index is 0.327. The summed E-state index contributed by atoms with van der Waals surface area (Å²) in [5.41, 5.74) is 5.79. The van der Waals surface area contributed by atoms with Gasteiger partial charge >= 0.3 is 0 Å². The summed E-state index contributed by atoms with van der Waals surface area (Å²) in [6, 6.07) is 0.796. The molecule has 1 saturated heterocycles. The molecule has 2 N–H and O–H groups in total. The lowest BCUT2D eigenvalue weighted by molar-refractivity contribution is 0.292. The molecule has 1 aliphatic heterocycles. The molecule has 1 heterocycles. The first-order chi connectivity index (χ1) is 4.75. The highest BCUT2D eigenvalue weighted by Gasteiger charge is 2.26. The molecule has 0 spiro atoms. The van der Waals surface area contributed by atoms with E-state index >= 15 is 0 Å². The van der Waals surface area contributed by atoms with Gasteiger partial charge < -0.3 is 5.73 Å². The molecule has 0 saturated carbocycles. The second-order valence-corrected chi connectivity index (χ2v) is 2.87. The summed E-state index contributed by atoms with van der Waals surface area (Å²) in [5, 5.41) is 0. The molecule has 0 bridgehead atoms. The maximum absolute atomic E-state index is 5.79. The Morgan fingerprint density at radius 2 is 2.50 bits per heavy atom. The maximum Gasteiger partial charge on any atom is 0.0601 e. The number of rotatable bonds is 1. The van der Waals surface area contributed by atoms with Crippen molar-refractivity contribution in [3.05, 3.63) is 0 Å². The summed E-state index contributed by atoms with van der Waals surface area (Å²) in [6.07, 6.45) is 6.27. The van der Waals surface area contributed by atoms with Crippen LogP contribution in [-0.4, -0.2) is 30.1 Å². The Kier molecular flexibility index (Phi) is 2.31. The maximum atomic E-state index is 5.79. The SMILES string of the molecule is C#CCN1CCC(N)C1C. The molecule has 0 aromatic rings. The van der Waals surface area contributed by atoms with E-state index in [-0.39, 0.29) is 0 Å². The third kappa shape index (κ3) is 1.31. The van der Waals surface area contributed by atoms with Crippen molar-refractivity contribution in [3.63, 3.8) is 0 Å². The van der Waals surface area contributed by atoms with Gasteiger partial charge in [-0.05, 0) is 13.3 Å². The van der Waals surface area contributed by atoms with Crippen LogP contribution in [-0.2, 0) is 0 Å². The predicted octanol–water partition coefficient (Wildman–Crippen LogP) is 0.0411. The molecular formula is C8H14N2. The highest BCUT2D eigenvalue weighted by molar-refractivity contribution is 4.95. The normalized spacial score (nSPS) is 34.1. The average molecular weight is 138 g/mol. The number of nitrogens with two attached hydrogens (primary N) is 1. The summed E-state index contributed by atoms with van der Waals surface area (Å²) < 4.78 is 0. The summed E-state index contributed by atoms with van der Waals surface area (Å²) >= 11 is 0. The van der Waals surface area contributed by atoms with E-state index in [9.17, 15) is 0 Å². The highest BCUT2D eigenvalue weighted by Crippen LogP contribution is 2.14. The van der Waals surface area contributed by atoms with Crippen molar-refractivity contribution in [2.75, 3.05) is 13.1 Å². The summed E-state index contributed by atoms with van der Waals surface area (Å²) in [5.74, 6) is 2.63. The van der Waals surface area contributed by atoms with Crippen LogP contribution in [0.15, 0.2) is 0 Å². The lowest BCUT2D eigenvalue weighted by atomic mass is 10.2. The number of nitrogens with zero attached hydrogens (tertiary/aromatic N) is 1. The van der Waals surface area contributed by atoms with Crippen LogP contribution < -0.4 is 5.73 Å². The monoisotopic (exact) mass is 138 g/mol.